The molecule has 0 aliphatic rings. The zero-order valence-electron chi connectivity index (χ0n) is 16.0. The molecule has 9 heteroatoms. The molecule has 0 unspecified atom stereocenters. The minimum atomic E-state index is -0.187. The van der Waals surface area contributed by atoms with Crippen LogP contribution in [-0.2, 0) is 5.54 Å². The summed E-state index contributed by atoms with van der Waals surface area (Å²) in [4.78, 5) is 17.4. The molecule has 0 aromatic carbocycles. The van der Waals surface area contributed by atoms with Gasteiger partial charge < -0.3 is 0 Å². The fourth-order valence-electron chi connectivity index (χ4n) is 3.01. The molecule has 140 valence electrons. The van der Waals surface area contributed by atoms with E-state index in [2.05, 4.69) is 41.1 Å². The number of rotatable bonds is 3. The van der Waals surface area contributed by atoms with Crippen LogP contribution in [0.5, 0.6) is 0 Å². The Morgan fingerprint density at radius 2 is 1.89 bits per heavy atom. The smallest absolute Gasteiger partial charge is 0.285 e. The molecule has 0 saturated carbocycles. The summed E-state index contributed by atoms with van der Waals surface area (Å²) in [6.45, 7) is 10.1. The topological polar surface area (TPSA) is 98.7 Å². The zero-order valence-corrected chi connectivity index (χ0v) is 16.0. The predicted octanol–water partition coefficient (Wildman–Crippen LogP) is 2.48. The lowest BCUT2D eigenvalue weighted by Crippen LogP contribution is -2.27. The van der Waals surface area contributed by atoms with Crippen LogP contribution in [0.15, 0.2) is 35.8 Å². The van der Waals surface area contributed by atoms with Crippen LogP contribution in [0.3, 0.4) is 0 Å². The summed E-state index contributed by atoms with van der Waals surface area (Å²) >= 11 is 0. The number of fused-ring (bicyclic) bond motifs is 1. The summed E-state index contributed by atoms with van der Waals surface area (Å²) in [7, 11) is 0. The molecule has 0 fully saturated rings. The van der Waals surface area contributed by atoms with E-state index in [9.17, 15) is 4.79 Å². The van der Waals surface area contributed by atoms with Crippen molar-refractivity contribution in [1.82, 2.24) is 39.1 Å². The Morgan fingerprint density at radius 3 is 2.48 bits per heavy atom. The van der Waals surface area contributed by atoms with Gasteiger partial charge in [0.05, 0.1) is 35.4 Å². The van der Waals surface area contributed by atoms with Crippen molar-refractivity contribution in [3.05, 3.63) is 41.3 Å². The lowest BCUT2D eigenvalue weighted by Gasteiger charge is -2.19. The van der Waals surface area contributed by atoms with Crippen molar-refractivity contribution >= 4 is 5.65 Å². The highest BCUT2D eigenvalue weighted by molar-refractivity contribution is 5.62. The van der Waals surface area contributed by atoms with E-state index < -0.39 is 0 Å². The lowest BCUT2D eigenvalue weighted by molar-refractivity contribution is 0.355. The summed E-state index contributed by atoms with van der Waals surface area (Å²) in [5.41, 5.74) is 2.23. The van der Waals surface area contributed by atoms with Gasteiger partial charge >= 0.3 is 0 Å². The third-order valence-corrected chi connectivity index (χ3v) is 4.41. The van der Waals surface area contributed by atoms with Gasteiger partial charge in [-0.3, -0.25) is 19.1 Å². The maximum atomic E-state index is 13.1. The Bertz CT molecular complexity index is 1150. The lowest BCUT2D eigenvalue weighted by atomic mass is 10.1. The molecule has 0 bridgehead atoms. The number of nitrogens with one attached hydrogen (secondary N) is 1. The van der Waals surface area contributed by atoms with E-state index in [4.69, 9.17) is 5.10 Å². The van der Waals surface area contributed by atoms with Crippen LogP contribution < -0.4 is 5.56 Å². The highest BCUT2D eigenvalue weighted by atomic mass is 16.1. The molecule has 0 aliphatic heterocycles. The zero-order chi connectivity index (χ0) is 19.3. The van der Waals surface area contributed by atoms with Gasteiger partial charge in [0.15, 0.2) is 5.82 Å². The molecule has 4 aromatic heterocycles. The molecule has 0 amide bonds. The van der Waals surface area contributed by atoms with E-state index in [-0.39, 0.29) is 22.8 Å². The highest BCUT2D eigenvalue weighted by Crippen LogP contribution is 2.24. The minimum Gasteiger partial charge on any atom is -0.285 e. The summed E-state index contributed by atoms with van der Waals surface area (Å²) < 4.78 is 5.11. The molecule has 4 heterocycles. The van der Waals surface area contributed by atoms with Crippen LogP contribution in [0.25, 0.3) is 28.3 Å². The van der Waals surface area contributed by atoms with Gasteiger partial charge in [-0.2, -0.15) is 10.2 Å². The fraction of sp³-hybridized carbons (Fsp3) is 0.389. The van der Waals surface area contributed by atoms with Gasteiger partial charge in [-0.25, -0.2) is 9.50 Å². The van der Waals surface area contributed by atoms with Gasteiger partial charge in [0.1, 0.15) is 0 Å². The first-order valence-electron chi connectivity index (χ1n) is 8.82. The summed E-state index contributed by atoms with van der Waals surface area (Å²) in [6.07, 6.45) is 8.72. The molecule has 0 saturated heterocycles. The van der Waals surface area contributed by atoms with Gasteiger partial charge in [0, 0.05) is 24.0 Å². The number of hydrogen-bond acceptors (Lipinski definition) is 5. The second-order valence-electron chi connectivity index (χ2n) is 7.80. The summed E-state index contributed by atoms with van der Waals surface area (Å²) in [6, 6.07) is -0.0722. The average molecular weight is 366 g/mol. The molecule has 1 N–H and O–H groups in total. The Morgan fingerprint density at radius 1 is 1.11 bits per heavy atom. The first-order valence-corrected chi connectivity index (χ1v) is 8.82. The van der Waals surface area contributed by atoms with Crippen LogP contribution in [-0.4, -0.2) is 39.1 Å². The van der Waals surface area contributed by atoms with Crippen molar-refractivity contribution in [2.24, 2.45) is 0 Å². The first kappa shape index (κ1) is 17.2. The van der Waals surface area contributed by atoms with E-state index in [0.29, 0.717) is 11.5 Å². The maximum Gasteiger partial charge on any atom is 0.297 e. The second kappa shape index (κ2) is 5.90. The number of aromatic nitrogens is 8. The average Bonchev–Trinajstić information content (AvgIpc) is 3.32. The van der Waals surface area contributed by atoms with Crippen molar-refractivity contribution in [3.8, 4) is 22.6 Å². The first-order chi connectivity index (χ1) is 12.8. The molecule has 0 aliphatic carbocycles. The Balaban J connectivity index is 2.01. The predicted molar refractivity (Wildman–Crippen MR) is 101 cm³/mol. The normalized spacial score (nSPS) is 12.4. The second-order valence-corrected chi connectivity index (χ2v) is 7.80. The van der Waals surface area contributed by atoms with Crippen LogP contribution >= 0.6 is 0 Å². The Labute approximate surface area is 155 Å². The number of nitrogens with zero attached hydrogens (tertiary/aromatic N) is 7. The van der Waals surface area contributed by atoms with E-state index in [1.54, 1.807) is 33.9 Å². The molecule has 27 heavy (non-hydrogen) atoms. The largest absolute Gasteiger partial charge is 0.297 e. The minimum absolute atomic E-state index is 0.0722. The third kappa shape index (κ3) is 2.75. The molecule has 0 spiro atoms. The van der Waals surface area contributed by atoms with E-state index in [1.165, 1.54) is 0 Å². The van der Waals surface area contributed by atoms with Crippen molar-refractivity contribution in [2.45, 2.75) is 46.2 Å². The monoisotopic (exact) mass is 366 g/mol. The molecular formula is C18H22N8O. The highest BCUT2D eigenvalue weighted by Gasteiger charge is 2.22. The fourth-order valence-corrected chi connectivity index (χ4v) is 3.01. The summed E-state index contributed by atoms with van der Waals surface area (Å²) in [5, 5.41) is 16.0. The molecule has 9 nitrogen and oxygen atoms in total. The number of H-pyrrole nitrogens is 1. The molecule has 0 atom stereocenters. The quantitative estimate of drug-likeness (QED) is 0.600. The van der Waals surface area contributed by atoms with Gasteiger partial charge in [0.2, 0.25) is 5.65 Å². The number of hydrogen-bond donors (Lipinski definition) is 1. The molecule has 4 rings (SSSR count). The maximum absolute atomic E-state index is 13.1. The van der Waals surface area contributed by atoms with Crippen LogP contribution in [0, 0.1) is 0 Å². The SMILES string of the molecule is CC(C)n1c(-c2cnn(C(C)(C)C)c2)nn2c(-c3cn[nH]c3)cnc2c1=O. The standard InChI is InChI=1S/C18H22N8O/c1-11(2)25-15(13-8-22-24(10-13)18(3,4)5)23-26-14(12-6-20-21-7-12)9-19-16(26)17(25)27/h6-11H,1-5H3,(H,20,21). The number of aromatic amines is 1. The van der Waals surface area contributed by atoms with Crippen molar-refractivity contribution < 1.29 is 0 Å². The van der Waals surface area contributed by atoms with Gasteiger partial charge in [0.25, 0.3) is 5.56 Å². The van der Waals surface area contributed by atoms with E-state index in [0.717, 1.165) is 11.1 Å². The van der Waals surface area contributed by atoms with Crippen LogP contribution in [0.4, 0.5) is 0 Å². The summed E-state index contributed by atoms with van der Waals surface area (Å²) in [5.74, 6) is 0.556. The third-order valence-electron chi connectivity index (χ3n) is 4.41. The van der Waals surface area contributed by atoms with E-state index in [1.807, 2.05) is 24.7 Å². The van der Waals surface area contributed by atoms with Crippen LogP contribution in [0.2, 0.25) is 0 Å². The Kier molecular flexibility index (Phi) is 3.76. The van der Waals surface area contributed by atoms with Gasteiger partial charge in [-0.15, -0.1) is 5.10 Å². The van der Waals surface area contributed by atoms with E-state index >= 15 is 0 Å². The molecule has 4 aromatic rings. The molecular weight excluding hydrogens is 344 g/mol. The van der Waals surface area contributed by atoms with Gasteiger partial charge in [-0.05, 0) is 34.6 Å². The van der Waals surface area contributed by atoms with Crippen molar-refractivity contribution in [2.75, 3.05) is 0 Å². The Hall–Kier alpha value is -3.23. The van der Waals surface area contributed by atoms with Crippen molar-refractivity contribution in [3.63, 3.8) is 0 Å². The van der Waals surface area contributed by atoms with Crippen LogP contribution in [0.1, 0.15) is 40.7 Å². The molecule has 0 radical (unpaired) electrons. The van der Waals surface area contributed by atoms with Crippen molar-refractivity contribution in [1.29, 1.82) is 0 Å². The van der Waals surface area contributed by atoms with Gasteiger partial charge in [-0.1, -0.05) is 0 Å². The number of imidazole rings is 1.